The van der Waals surface area contributed by atoms with E-state index >= 15 is 0 Å². The van der Waals surface area contributed by atoms with Gasteiger partial charge in [0.1, 0.15) is 12.4 Å². The monoisotopic (exact) mass is 364 g/mol. The molecule has 2 aromatic carbocycles. The van der Waals surface area contributed by atoms with E-state index in [-0.39, 0.29) is 33.0 Å². The predicted octanol–water partition coefficient (Wildman–Crippen LogP) is 3.51. The molecule has 0 aliphatic rings. The van der Waals surface area contributed by atoms with Crippen molar-refractivity contribution in [1.82, 2.24) is 0 Å². The Morgan fingerprint density at radius 3 is 2.22 bits per heavy atom. The third kappa shape index (κ3) is 6.12. The summed E-state index contributed by atoms with van der Waals surface area (Å²) in [7, 11) is 1.58. The van der Waals surface area contributed by atoms with E-state index in [9.17, 15) is 4.79 Å². The van der Waals surface area contributed by atoms with Crippen LogP contribution in [0.3, 0.4) is 0 Å². The molecule has 0 aliphatic heterocycles. The fourth-order valence-electron chi connectivity index (χ4n) is 1.79. The van der Waals surface area contributed by atoms with Gasteiger partial charge in [0.05, 0.1) is 22.2 Å². The maximum atomic E-state index is 12.3. The van der Waals surface area contributed by atoms with E-state index in [1.54, 1.807) is 25.3 Å². The van der Waals surface area contributed by atoms with Crippen LogP contribution in [0.2, 0.25) is 10.0 Å². The molecular formula is C16H16Cl2LiO3P. The Morgan fingerprint density at radius 2 is 1.65 bits per heavy atom. The molecule has 0 N–H and O–H groups in total. The first-order valence-corrected chi connectivity index (χ1v) is 8.34. The van der Waals surface area contributed by atoms with Gasteiger partial charge in [-0.1, -0.05) is 41.4 Å². The Kier molecular flexibility index (Phi) is 9.25. The van der Waals surface area contributed by atoms with Gasteiger partial charge in [0.25, 0.3) is 0 Å². The molecule has 0 heterocycles. The van der Waals surface area contributed by atoms with Crippen LogP contribution >= 0.6 is 31.8 Å². The van der Waals surface area contributed by atoms with Crippen LogP contribution in [-0.4, -0.2) is 44.7 Å². The Labute approximate surface area is 159 Å². The maximum absolute atomic E-state index is 12.3. The number of methoxy groups -OCH3 is 1. The van der Waals surface area contributed by atoms with Crippen LogP contribution in [0.5, 0.6) is 5.75 Å². The van der Waals surface area contributed by atoms with Gasteiger partial charge in [-0.15, -0.1) is 0 Å². The van der Waals surface area contributed by atoms with E-state index < -0.39 is 0 Å². The second-order valence-corrected chi connectivity index (χ2v) is 6.51. The summed E-state index contributed by atoms with van der Waals surface area (Å²) in [6.07, 6.45) is 0. The van der Waals surface area contributed by atoms with Crippen LogP contribution in [0.15, 0.2) is 42.5 Å². The van der Waals surface area contributed by atoms with E-state index in [0.29, 0.717) is 28.8 Å². The van der Waals surface area contributed by atoms with Crippen molar-refractivity contribution in [1.29, 1.82) is 0 Å². The van der Waals surface area contributed by atoms with Crippen molar-refractivity contribution in [2.24, 2.45) is 0 Å². The summed E-state index contributed by atoms with van der Waals surface area (Å²) in [5.41, 5.74) is 0.299. The van der Waals surface area contributed by atoms with Gasteiger partial charge in [0, 0.05) is 7.11 Å². The Balaban J connectivity index is 0.00000264. The van der Waals surface area contributed by atoms with Crippen LogP contribution in [0.25, 0.3) is 0 Å². The summed E-state index contributed by atoms with van der Waals surface area (Å²) < 4.78 is 10.4. The fraction of sp³-hybridized carbons (Fsp3) is 0.188. The van der Waals surface area contributed by atoms with Gasteiger partial charge in [-0.3, -0.25) is 4.79 Å². The van der Waals surface area contributed by atoms with Crippen LogP contribution < -0.4 is 10.0 Å². The van der Waals surface area contributed by atoms with Gasteiger partial charge in [-0.2, -0.15) is 0 Å². The van der Waals surface area contributed by atoms with Crippen molar-refractivity contribution in [3.8, 4) is 5.75 Å². The molecule has 0 aromatic heterocycles. The Bertz CT molecular complexity index is 630. The first kappa shape index (κ1) is 20.5. The molecule has 23 heavy (non-hydrogen) atoms. The number of carbonyl (C=O) groups excluding carboxylic acids is 1. The molecule has 0 saturated heterocycles. The number of hydrogen-bond donors (Lipinski definition) is 0. The molecule has 0 amide bonds. The van der Waals surface area contributed by atoms with Crippen molar-refractivity contribution in [2.45, 2.75) is 0 Å². The normalized spacial score (nSPS) is 10.6. The molecule has 118 valence electrons. The van der Waals surface area contributed by atoms with E-state index in [1.165, 1.54) is 0 Å². The average Bonchev–Trinajstić information content (AvgIpc) is 2.49. The van der Waals surface area contributed by atoms with E-state index in [4.69, 9.17) is 32.7 Å². The third-order valence-electron chi connectivity index (χ3n) is 2.86. The van der Waals surface area contributed by atoms with Crippen molar-refractivity contribution in [2.75, 3.05) is 20.3 Å². The molecule has 0 aliphatic carbocycles. The number of ether oxygens (including phenoxy) is 2. The number of carbonyl (C=O) groups is 1. The quantitative estimate of drug-likeness (QED) is 0.428. The van der Waals surface area contributed by atoms with Crippen molar-refractivity contribution in [3.63, 3.8) is 0 Å². The SMILES string of the molecule is COCCOc1ccc(PC(=O)c2c(Cl)cccc2Cl)cc1.[LiH]. The summed E-state index contributed by atoms with van der Waals surface area (Å²) in [6, 6.07) is 12.4. The van der Waals surface area contributed by atoms with Gasteiger partial charge >= 0.3 is 18.9 Å². The van der Waals surface area contributed by atoms with Crippen LogP contribution in [0.1, 0.15) is 10.4 Å². The molecule has 0 saturated carbocycles. The van der Waals surface area contributed by atoms with Crippen molar-refractivity contribution >= 4 is 61.5 Å². The zero-order valence-corrected chi connectivity index (χ0v) is 14.4. The summed E-state index contributed by atoms with van der Waals surface area (Å²) in [5, 5.41) is 1.66. The molecule has 0 bridgehead atoms. The second-order valence-electron chi connectivity index (χ2n) is 4.42. The summed E-state index contributed by atoms with van der Waals surface area (Å²) in [6.45, 7) is 1.03. The summed E-state index contributed by atoms with van der Waals surface area (Å²) >= 11 is 12.1. The van der Waals surface area contributed by atoms with Gasteiger partial charge in [-0.25, -0.2) is 0 Å². The number of halogens is 2. The summed E-state index contributed by atoms with van der Waals surface area (Å²) in [4.78, 5) is 12.3. The molecule has 0 spiro atoms. The molecule has 7 heteroatoms. The molecule has 3 nitrogen and oxygen atoms in total. The third-order valence-corrected chi connectivity index (χ3v) is 4.59. The van der Waals surface area contributed by atoms with Crippen molar-refractivity contribution in [3.05, 3.63) is 58.1 Å². The average molecular weight is 365 g/mol. The van der Waals surface area contributed by atoms with Gasteiger partial charge < -0.3 is 9.47 Å². The molecule has 0 radical (unpaired) electrons. The molecule has 2 rings (SSSR count). The number of hydrogen-bond acceptors (Lipinski definition) is 3. The molecule has 2 aromatic rings. The van der Waals surface area contributed by atoms with Crippen LogP contribution in [0, 0.1) is 0 Å². The zero-order chi connectivity index (χ0) is 15.9. The molecular weight excluding hydrogens is 349 g/mol. The van der Waals surface area contributed by atoms with Crippen LogP contribution in [0.4, 0.5) is 0 Å². The first-order chi connectivity index (χ1) is 10.6. The minimum atomic E-state index is -0.0800. The second kappa shape index (κ2) is 10.4. The number of benzene rings is 2. The van der Waals surface area contributed by atoms with Gasteiger partial charge in [-0.05, 0) is 38.2 Å². The predicted molar refractivity (Wildman–Crippen MR) is 99.7 cm³/mol. The van der Waals surface area contributed by atoms with Crippen molar-refractivity contribution < 1.29 is 14.3 Å². The number of rotatable bonds is 7. The standard InChI is InChI=1S/C16H15Cl2O3P.Li.H/c1-20-9-10-21-11-5-7-12(8-6-11)22-16(19)15-13(17)3-2-4-14(15)18;;/h2-8,22H,9-10H2,1H3;;. The fourth-order valence-corrected chi connectivity index (χ4v) is 3.50. The van der Waals surface area contributed by atoms with Gasteiger partial charge in [0.2, 0.25) is 0 Å². The molecule has 0 fully saturated rings. The summed E-state index contributed by atoms with van der Waals surface area (Å²) in [5.74, 6) is 0.744. The van der Waals surface area contributed by atoms with E-state index in [1.807, 2.05) is 24.3 Å². The Morgan fingerprint density at radius 1 is 1.04 bits per heavy atom. The molecule has 1 unspecified atom stereocenters. The minimum absolute atomic E-state index is 0. The zero-order valence-electron chi connectivity index (χ0n) is 11.9. The van der Waals surface area contributed by atoms with Crippen LogP contribution in [-0.2, 0) is 4.74 Å². The molecule has 1 atom stereocenters. The first-order valence-electron chi connectivity index (χ1n) is 6.59. The topological polar surface area (TPSA) is 35.5 Å². The van der Waals surface area contributed by atoms with Gasteiger partial charge in [0.15, 0.2) is 5.52 Å². The van der Waals surface area contributed by atoms with E-state index in [0.717, 1.165) is 11.1 Å². The van der Waals surface area contributed by atoms with E-state index in [2.05, 4.69) is 0 Å². The Hall–Kier alpha value is -0.523.